The second-order valence-corrected chi connectivity index (χ2v) is 7.22. The van der Waals surface area contributed by atoms with Gasteiger partial charge in [-0.05, 0) is 80.3 Å². The maximum absolute atomic E-state index is 12.7. The molecule has 0 spiro atoms. The molecule has 4 nitrogen and oxygen atoms in total. The fourth-order valence-electron chi connectivity index (χ4n) is 3.21. The van der Waals surface area contributed by atoms with Gasteiger partial charge in [-0.25, -0.2) is 4.98 Å². The highest BCUT2D eigenvalue weighted by Crippen LogP contribution is 2.29. The smallest absolute Gasteiger partial charge is 0.255 e. The summed E-state index contributed by atoms with van der Waals surface area (Å²) < 4.78 is 5.97. The van der Waals surface area contributed by atoms with Gasteiger partial charge in [-0.15, -0.1) is 0 Å². The van der Waals surface area contributed by atoms with Crippen LogP contribution in [-0.2, 0) is 0 Å². The summed E-state index contributed by atoms with van der Waals surface area (Å²) in [6.45, 7) is 8.02. The number of aromatic nitrogens is 1. The highest BCUT2D eigenvalue weighted by molar-refractivity contribution is 6.05. The lowest BCUT2D eigenvalue weighted by atomic mass is 10.1. The molecule has 1 heterocycles. The average Bonchev–Trinajstić information content (AvgIpc) is 3.07. The molecule has 1 amide bonds. The van der Waals surface area contributed by atoms with E-state index in [0.29, 0.717) is 11.5 Å². The van der Waals surface area contributed by atoms with Gasteiger partial charge in [0.2, 0.25) is 5.89 Å². The number of anilines is 1. The molecule has 0 aliphatic rings. The number of hydrogen-bond donors (Lipinski definition) is 1. The summed E-state index contributed by atoms with van der Waals surface area (Å²) in [5.74, 6) is 0.425. The summed E-state index contributed by atoms with van der Waals surface area (Å²) in [5.41, 5.74) is 8.13. The highest BCUT2D eigenvalue weighted by atomic mass is 16.3. The number of benzene rings is 3. The summed E-state index contributed by atoms with van der Waals surface area (Å²) in [4.78, 5) is 17.3. The van der Waals surface area contributed by atoms with E-state index in [9.17, 15) is 4.79 Å². The van der Waals surface area contributed by atoms with Crippen molar-refractivity contribution < 1.29 is 9.21 Å². The van der Waals surface area contributed by atoms with E-state index in [-0.39, 0.29) is 5.91 Å². The number of aryl methyl sites for hydroxylation is 4. The monoisotopic (exact) mass is 370 g/mol. The Kier molecular flexibility index (Phi) is 4.47. The van der Waals surface area contributed by atoms with Crippen molar-refractivity contribution >= 4 is 22.7 Å². The quantitative estimate of drug-likeness (QED) is 0.482. The minimum Gasteiger partial charge on any atom is -0.436 e. The van der Waals surface area contributed by atoms with Crippen LogP contribution in [0.3, 0.4) is 0 Å². The molecule has 1 N–H and O–H groups in total. The Hall–Kier alpha value is -3.40. The van der Waals surface area contributed by atoms with Crippen LogP contribution in [0.15, 0.2) is 59.0 Å². The van der Waals surface area contributed by atoms with Gasteiger partial charge in [-0.2, -0.15) is 0 Å². The molecular weight excluding hydrogens is 348 g/mol. The van der Waals surface area contributed by atoms with Crippen molar-refractivity contribution in [3.05, 3.63) is 82.4 Å². The Balaban J connectivity index is 1.69. The first-order chi connectivity index (χ1) is 13.4. The van der Waals surface area contributed by atoms with Gasteiger partial charge < -0.3 is 9.73 Å². The lowest BCUT2D eigenvalue weighted by Gasteiger charge is -2.11. The van der Waals surface area contributed by atoms with E-state index in [1.165, 1.54) is 11.1 Å². The third kappa shape index (κ3) is 3.29. The van der Waals surface area contributed by atoms with Gasteiger partial charge in [-0.3, -0.25) is 4.79 Å². The number of fused-ring (bicyclic) bond motifs is 1. The topological polar surface area (TPSA) is 55.1 Å². The number of amides is 1. The molecule has 0 saturated heterocycles. The van der Waals surface area contributed by atoms with Gasteiger partial charge in [0.15, 0.2) is 5.58 Å². The molecule has 28 heavy (non-hydrogen) atoms. The molecule has 0 aliphatic heterocycles. The fourth-order valence-corrected chi connectivity index (χ4v) is 3.21. The fraction of sp³-hybridized carbons (Fsp3) is 0.167. The molecule has 4 heteroatoms. The van der Waals surface area contributed by atoms with Gasteiger partial charge in [0.25, 0.3) is 5.91 Å². The Morgan fingerprint density at radius 2 is 1.61 bits per heavy atom. The van der Waals surface area contributed by atoms with Gasteiger partial charge in [0.1, 0.15) is 5.52 Å². The van der Waals surface area contributed by atoms with Crippen molar-refractivity contribution in [2.24, 2.45) is 0 Å². The average molecular weight is 370 g/mol. The minimum atomic E-state index is -0.123. The van der Waals surface area contributed by atoms with Crippen LogP contribution < -0.4 is 5.32 Å². The molecule has 0 saturated carbocycles. The summed E-state index contributed by atoms with van der Waals surface area (Å²) >= 11 is 0. The Bertz CT molecular complexity index is 1170. The first-order valence-corrected chi connectivity index (χ1v) is 9.28. The lowest BCUT2D eigenvalue weighted by Crippen LogP contribution is -2.14. The molecule has 0 atom stereocenters. The molecule has 0 aliphatic carbocycles. The first-order valence-electron chi connectivity index (χ1n) is 9.28. The van der Waals surface area contributed by atoms with Gasteiger partial charge in [0, 0.05) is 16.8 Å². The summed E-state index contributed by atoms with van der Waals surface area (Å²) in [5, 5.41) is 3.02. The number of nitrogens with zero attached hydrogens (tertiary/aromatic N) is 1. The van der Waals surface area contributed by atoms with E-state index < -0.39 is 0 Å². The molecule has 0 unspecified atom stereocenters. The Morgan fingerprint density at radius 3 is 2.39 bits per heavy atom. The predicted molar refractivity (Wildman–Crippen MR) is 113 cm³/mol. The van der Waals surface area contributed by atoms with E-state index in [0.717, 1.165) is 33.5 Å². The second-order valence-electron chi connectivity index (χ2n) is 7.22. The van der Waals surface area contributed by atoms with E-state index in [2.05, 4.69) is 24.1 Å². The van der Waals surface area contributed by atoms with Crippen molar-refractivity contribution in [1.29, 1.82) is 0 Å². The molecule has 0 fully saturated rings. The first kappa shape index (κ1) is 18.0. The second kappa shape index (κ2) is 6.97. The number of carbonyl (C=O) groups is 1. The van der Waals surface area contributed by atoms with Crippen LogP contribution in [0.25, 0.3) is 22.6 Å². The van der Waals surface area contributed by atoms with Crippen LogP contribution in [0.5, 0.6) is 0 Å². The Labute approximate surface area is 164 Å². The van der Waals surface area contributed by atoms with Crippen LogP contribution in [0, 0.1) is 27.7 Å². The lowest BCUT2D eigenvalue weighted by molar-refractivity contribution is 0.102. The van der Waals surface area contributed by atoms with Crippen LogP contribution >= 0.6 is 0 Å². The highest BCUT2D eigenvalue weighted by Gasteiger charge is 2.14. The maximum Gasteiger partial charge on any atom is 0.255 e. The third-order valence-electron chi connectivity index (χ3n) is 5.13. The zero-order chi connectivity index (χ0) is 19.8. The molecule has 4 rings (SSSR count). The van der Waals surface area contributed by atoms with Gasteiger partial charge in [-0.1, -0.05) is 24.3 Å². The SMILES string of the molecule is Cc1cc2nc(-c3ccc(C)c(NC(=O)c4ccccc4C)c3)oc2cc1C. The molecule has 3 aromatic carbocycles. The van der Waals surface area contributed by atoms with Crippen molar-refractivity contribution in [2.45, 2.75) is 27.7 Å². The van der Waals surface area contributed by atoms with Crippen molar-refractivity contribution in [2.75, 3.05) is 5.32 Å². The number of oxazole rings is 1. The van der Waals surface area contributed by atoms with Crippen molar-refractivity contribution in [3.63, 3.8) is 0 Å². The number of rotatable bonds is 3. The van der Waals surface area contributed by atoms with E-state index in [1.54, 1.807) is 0 Å². The van der Waals surface area contributed by atoms with Crippen LogP contribution in [-0.4, -0.2) is 10.9 Å². The van der Waals surface area contributed by atoms with Gasteiger partial charge in [0.05, 0.1) is 0 Å². The standard InChI is InChI=1S/C24H22N2O2/c1-14-7-5-6-8-19(14)23(27)25-20-13-18(10-9-15(20)2)24-26-21-11-16(3)17(4)12-22(21)28-24/h5-13H,1-4H3,(H,25,27). The molecule has 0 bridgehead atoms. The number of hydrogen-bond acceptors (Lipinski definition) is 3. The predicted octanol–water partition coefficient (Wildman–Crippen LogP) is 5.98. The third-order valence-corrected chi connectivity index (χ3v) is 5.13. The summed E-state index contributed by atoms with van der Waals surface area (Å²) in [6, 6.07) is 17.4. The zero-order valence-corrected chi connectivity index (χ0v) is 16.5. The molecule has 0 radical (unpaired) electrons. The normalized spacial score (nSPS) is 11.0. The van der Waals surface area contributed by atoms with E-state index in [4.69, 9.17) is 4.42 Å². The largest absolute Gasteiger partial charge is 0.436 e. The zero-order valence-electron chi connectivity index (χ0n) is 16.5. The van der Waals surface area contributed by atoms with E-state index >= 15 is 0 Å². The number of nitrogens with one attached hydrogen (secondary N) is 1. The van der Waals surface area contributed by atoms with Crippen LogP contribution in [0.4, 0.5) is 5.69 Å². The van der Waals surface area contributed by atoms with Crippen LogP contribution in [0.1, 0.15) is 32.6 Å². The van der Waals surface area contributed by atoms with Gasteiger partial charge >= 0.3 is 0 Å². The van der Waals surface area contributed by atoms with Crippen LogP contribution in [0.2, 0.25) is 0 Å². The maximum atomic E-state index is 12.7. The van der Waals surface area contributed by atoms with E-state index in [1.807, 2.05) is 68.4 Å². The Morgan fingerprint density at radius 1 is 0.857 bits per heavy atom. The number of carbonyl (C=O) groups excluding carboxylic acids is 1. The minimum absolute atomic E-state index is 0.123. The molecule has 1 aromatic heterocycles. The molecule has 4 aromatic rings. The van der Waals surface area contributed by atoms with Crippen molar-refractivity contribution in [1.82, 2.24) is 4.98 Å². The molecular formula is C24H22N2O2. The van der Waals surface area contributed by atoms with Crippen molar-refractivity contribution in [3.8, 4) is 11.5 Å². The summed E-state index contributed by atoms with van der Waals surface area (Å²) in [7, 11) is 0. The summed E-state index contributed by atoms with van der Waals surface area (Å²) in [6.07, 6.45) is 0. The molecule has 140 valence electrons.